The molecule has 1 aromatic rings. The van der Waals surface area contributed by atoms with E-state index >= 15 is 0 Å². The van der Waals surface area contributed by atoms with Gasteiger partial charge in [-0.25, -0.2) is 0 Å². The van der Waals surface area contributed by atoms with Crippen LogP contribution in [-0.2, 0) is 11.3 Å². The lowest BCUT2D eigenvalue weighted by atomic mass is 10.2. The Bertz CT molecular complexity index is 408. The number of nitrogens with zero attached hydrogens (tertiary/aromatic N) is 2. The zero-order valence-corrected chi connectivity index (χ0v) is 12.1. The summed E-state index contributed by atoms with van der Waals surface area (Å²) in [6.45, 7) is 0.652. The van der Waals surface area contributed by atoms with Crippen molar-refractivity contribution in [1.29, 1.82) is 0 Å². The first kappa shape index (κ1) is 14.3. The third-order valence-electron chi connectivity index (χ3n) is 3.32. The number of hydrogen-bond donors (Lipinski definition) is 1. The van der Waals surface area contributed by atoms with Gasteiger partial charge in [0, 0.05) is 25.0 Å². The standard InChI is InChI=1S/C14H21N3OS/c1-19-9-6-13(15)14(18)17(12-2-3-12)10-11-4-7-16-8-5-11/h4-5,7-8,12-13H,2-3,6,9-10,15H2,1H3/t13-/m0/s1. The van der Waals surface area contributed by atoms with Crippen LogP contribution < -0.4 is 5.73 Å². The Hall–Kier alpha value is -1.07. The molecule has 1 aliphatic rings. The van der Waals surface area contributed by atoms with E-state index in [9.17, 15) is 4.79 Å². The molecule has 1 amide bonds. The largest absolute Gasteiger partial charge is 0.334 e. The van der Waals surface area contributed by atoms with Crippen molar-refractivity contribution >= 4 is 17.7 Å². The SMILES string of the molecule is CSCC[C@H](N)C(=O)N(Cc1ccncc1)C1CC1. The van der Waals surface area contributed by atoms with Gasteiger partial charge in [0.1, 0.15) is 0 Å². The van der Waals surface area contributed by atoms with E-state index in [0.717, 1.165) is 30.6 Å². The molecule has 104 valence electrons. The third kappa shape index (κ3) is 4.21. The fraction of sp³-hybridized carbons (Fsp3) is 0.571. The average Bonchev–Trinajstić information content (AvgIpc) is 3.27. The quantitative estimate of drug-likeness (QED) is 0.824. The number of carbonyl (C=O) groups excluding carboxylic acids is 1. The number of hydrogen-bond acceptors (Lipinski definition) is 4. The molecular formula is C14H21N3OS. The van der Waals surface area contributed by atoms with Crippen molar-refractivity contribution in [3.8, 4) is 0 Å². The Labute approximate surface area is 118 Å². The van der Waals surface area contributed by atoms with Gasteiger partial charge in [-0.05, 0) is 49.0 Å². The number of carbonyl (C=O) groups is 1. The molecule has 4 nitrogen and oxygen atoms in total. The molecule has 0 radical (unpaired) electrons. The van der Waals surface area contributed by atoms with Gasteiger partial charge in [0.15, 0.2) is 0 Å². The zero-order chi connectivity index (χ0) is 13.7. The summed E-state index contributed by atoms with van der Waals surface area (Å²) >= 11 is 1.73. The molecule has 0 unspecified atom stereocenters. The molecule has 1 atom stereocenters. The summed E-state index contributed by atoms with van der Waals surface area (Å²) in [6.07, 6.45) is 8.52. The van der Waals surface area contributed by atoms with Crippen molar-refractivity contribution in [1.82, 2.24) is 9.88 Å². The Morgan fingerprint density at radius 1 is 1.53 bits per heavy atom. The normalized spacial score (nSPS) is 16.1. The van der Waals surface area contributed by atoms with Crippen LogP contribution in [0.5, 0.6) is 0 Å². The maximum Gasteiger partial charge on any atom is 0.240 e. The molecule has 1 aliphatic carbocycles. The minimum Gasteiger partial charge on any atom is -0.334 e. The Kier molecular flexibility index (Phi) is 5.22. The van der Waals surface area contributed by atoms with Crippen molar-refractivity contribution in [3.05, 3.63) is 30.1 Å². The lowest BCUT2D eigenvalue weighted by Crippen LogP contribution is -2.44. The van der Waals surface area contributed by atoms with E-state index in [-0.39, 0.29) is 11.9 Å². The third-order valence-corrected chi connectivity index (χ3v) is 3.97. The van der Waals surface area contributed by atoms with Gasteiger partial charge in [0.25, 0.3) is 0 Å². The predicted molar refractivity (Wildman–Crippen MR) is 78.8 cm³/mol. The van der Waals surface area contributed by atoms with Crippen molar-refractivity contribution < 1.29 is 4.79 Å². The van der Waals surface area contributed by atoms with Crippen LogP contribution in [0.4, 0.5) is 0 Å². The number of thioether (sulfide) groups is 1. The van der Waals surface area contributed by atoms with E-state index in [0.29, 0.717) is 12.6 Å². The first-order valence-corrected chi connectivity index (χ1v) is 8.05. The lowest BCUT2D eigenvalue weighted by Gasteiger charge is -2.25. The molecule has 0 saturated heterocycles. The van der Waals surface area contributed by atoms with Crippen LogP contribution in [0.15, 0.2) is 24.5 Å². The number of rotatable bonds is 7. The predicted octanol–water partition coefficient (Wildman–Crippen LogP) is 1.65. The minimum absolute atomic E-state index is 0.0911. The second-order valence-corrected chi connectivity index (χ2v) is 5.93. The van der Waals surface area contributed by atoms with Crippen molar-refractivity contribution in [2.45, 2.75) is 37.9 Å². The molecule has 2 rings (SSSR count). The van der Waals surface area contributed by atoms with Crippen LogP contribution in [0.2, 0.25) is 0 Å². The maximum absolute atomic E-state index is 12.4. The highest BCUT2D eigenvalue weighted by Gasteiger charge is 2.34. The first-order valence-electron chi connectivity index (χ1n) is 6.66. The molecule has 0 spiro atoms. The summed E-state index contributed by atoms with van der Waals surface area (Å²) in [4.78, 5) is 18.4. The highest BCUT2D eigenvalue weighted by molar-refractivity contribution is 7.98. The molecule has 1 heterocycles. The van der Waals surface area contributed by atoms with E-state index in [1.807, 2.05) is 23.3 Å². The van der Waals surface area contributed by atoms with Crippen LogP contribution in [0.25, 0.3) is 0 Å². The second-order valence-electron chi connectivity index (χ2n) is 4.94. The smallest absolute Gasteiger partial charge is 0.240 e. The van der Waals surface area contributed by atoms with Crippen molar-refractivity contribution in [2.75, 3.05) is 12.0 Å². The van der Waals surface area contributed by atoms with Crippen LogP contribution in [-0.4, -0.2) is 39.9 Å². The van der Waals surface area contributed by atoms with E-state index in [1.165, 1.54) is 0 Å². The molecule has 2 N–H and O–H groups in total. The molecule has 0 bridgehead atoms. The molecule has 5 heteroatoms. The van der Waals surface area contributed by atoms with Gasteiger partial charge in [-0.2, -0.15) is 11.8 Å². The molecule has 0 aromatic carbocycles. The first-order chi connectivity index (χ1) is 9.22. The van der Waals surface area contributed by atoms with Crippen LogP contribution in [0, 0.1) is 0 Å². The summed E-state index contributed by atoms with van der Waals surface area (Å²) in [5.74, 6) is 1.02. The van der Waals surface area contributed by atoms with Crippen LogP contribution in [0.3, 0.4) is 0 Å². The monoisotopic (exact) mass is 279 g/mol. The molecular weight excluding hydrogens is 258 g/mol. The maximum atomic E-state index is 12.4. The number of amides is 1. The number of pyridine rings is 1. The van der Waals surface area contributed by atoms with E-state index in [2.05, 4.69) is 4.98 Å². The van der Waals surface area contributed by atoms with Crippen LogP contribution in [0.1, 0.15) is 24.8 Å². The average molecular weight is 279 g/mol. The lowest BCUT2D eigenvalue weighted by molar-refractivity contribution is -0.133. The summed E-state index contributed by atoms with van der Waals surface area (Å²) in [5, 5.41) is 0. The summed E-state index contributed by atoms with van der Waals surface area (Å²) in [6, 6.07) is 3.93. The second kappa shape index (κ2) is 6.91. The summed E-state index contributed by atoms with van der Waals surface area (Å²) in [7, 11) is 0. The van der Waals surface area contributed by atoms with Crippen molar-refractivity contribution in [3.63, 3.8) is 0 Å². The fourth-order valence-corrected chi connectivity index (χ4v) is 2.53. The zero-order valence-electron chi connectivity index (χ0n) is 11.3. The van der Waals surface area contributed by atoms with Gasteiger partial charge in [-0.15, -0.1) is 0 Å². The Balaban J connectivity index is 1.97. The Morgan fingerprint density at radius 2 is 2.21 bits per heavy atom. The van der Waals surface area contributed by atoms with Gasteiger partial charge >= 0.3 is 0 Å². The summed E-state index contributed by atoms with van der Waals surface area (Å²) < 4.78 is 0. The highest BCUT2D eigenvalue weighted by atomic mass is 32.2. The molecule has 1 aromatic heterocycles. The van der Waals surface area contributed by atoms with Gasteiger partial charge in [0.2, 0.25) is 5.91 Å². The van der Waals surface area contributed by atoms with E-state index in [1.54, 1.807) is 24.2 Å². The van der Waals surface area contributed by atoms with Gasteiger partial charge in [0.05, 0.1) is 6.04 Å². The number of nitrogens with two attached hydrogens (primary N) is 1. The van der Waals surface area contributed by atoms with E-state index in [4.69, 9.17) is 5.73 Å². The molecule has 1 fully saturated rings. The fourth-order valence-electron chi connectivity index (χ4n) is 2.04. The van der Waals surface area contributed by atoms with Gasteiger partial charge in [-0.3, -0.25) is 9.78 Å². The van der Waals surface area contributed by atoms with Crippen molar-refractivity contribution in [2.24, 2.45) is 5.73 Å². The number of aromatic nitrogens is 1. The topological polar surface area (TPSA) is 59.2 Å². The Morgan fingerprint density at radius 3 is 2.79 bits per heavy atom. The highest BCUT2D eigenvalue weighted by Crippen LogP contribution is 2.29. The molecule has 1 saturated carbocycles. The van der Waals surface area contributed by atoms with Gasteiger partial charge < -0.3 is 10.6 Å². The van der Waals surface area contributed by atoms with Crippen LogP contribution >= 0.6 is 11.8 Å². The summed E-state index contributed by atoms with van der Waals surface area (Å²) in [5.41, 5.74) is 7.12. The van der Waals surface area contributed by atoms with Gasteiger partial charge in [-0.1, -0.05) is 0 Å². The molecule has 19 heavy (non-hydrogen) atoms. The molecule has 0 aliphatic heterocycles. The minimum atomic E-state index is -0.366. The van der Waals surface area contributed by atoms with E-state index < -0.39 is 0 Å².